The number of aromatic nitrogens is 1. The number of nitrogens with one attached hydrogen (secondary N) is 1. The standard InChI is InChI=1S/C19H27N3O3/c1-13-17(15-11-14(23)5-6-16(15)22(13)4)18(24)20-12-19(21(2)3)7-9-25-10-8-19/h5-6,11,23H,7-10,12H2,1-4H3,(H,20,24). The first kappa shape index (κ1) is 17.8. The minimum absolute atomic E-state index is 0.0749. The van der Waals surface area contributed by atoms with Crippen LogP contribution in [0.15, 0.2) is 18.2 Å². The number of amides is 1. The fraction of sp³-hybridized carbons (Fsp3) is 0.526. The maximum atomic E-state index is 13.0. The number of phenolic OH excluding ortho intramolecular Hbond substituents is 1. The Morgan fingerprint density at radius 2 is 2.04 bits per heavy atom. The van der Waals surface area contributed by atoms with Crippen LogP contribution in [0.4, 0.5) is 0 Å². The van der Waals surface area contributed by atoms with Crippen LogP contribution >= 0.6 is 0 Å². The summed E-state index contributed by atoms with van der Waals surface area (Å²) in [5.41, 5.74) is 2.39. The van der Waals surface area contributed by atoms with Gasteiger partial charge in [0.1, 0.15) is 5.75 Å². The normalized spacial score (nSPS) is 17.2. The molecule has 1 saturated heterocycles. The Labute approximate surface area is 148 Å². The van der Waals surface area contributed by atoms with Gasteiger partial charge in [-0.2, -0.15) is 0 Å². The molecular formula is C19H27N3O3. The van der Waals surface area contributed by atoms with Crippen LogP contribution in [0.1, 0.15) is 28.9 Å². The number of likely N-dealkylation sites (N-methyl/N-ethyl adjacent to an activating group) is 1. The Kier molecular flexibility index (Phi) is 4.75. The number of hydrogen-bond donors (Lipinski definition) is 2. The lowest BCUT2D eigenvalue weighted by Gasteiger charge is -2.42. The van der Waals surface area contributed by atoms with E-state index in [-0.39, 0.29) is 17.2 Å². The molecule has 0 unspecified atom stereocenters. The molecule has 1 aliphatic heterocycles. The van der Waals surface area contributed by atoms with Crippen molar-refractivity contribution in [2.24, 2.45) is 7.05 Å². The Morgan fingerprint density at radius 3 is 2.68 bits per heavy atom. The first-order chi connectivity index (χ1) is 11.9. The summed E-state index contributed by atoms with van der Waals surface area (Å²) < 4.78 is 7.48. The van der Waals surface area contributed by atoms with Gasteiger partial charge in [0.2, 0.25) is 0 Å². The maximum absolute atomic E-state index is 13.0. The van der Waals surface area contributed by atoms with Gasteiger partial charge in [-0.25, -0.2) is 0 Å². The number of phenols is 1. The minimum atomic E-state index is -0.0959. The first-order valence-corrected chi connectivity index (χ1v) is 8.67. The fourth-order valence-corrected chi connectivity index (χ4v) is 3.71. The highest BCUT2D eigenvalue weighted by Gasteiger charge is 2.35. The van der Waals surface area contributed by atoms with E-state index in [0.29, 0.717) is 12.1 Å². The zero-order valence-corrected chi connectivity index (χ0v) is 15.4. The zero-order chi connectivity index (χ0) is 18.2. The summed E-state index contributed by atoms with van der Waals surface area (Å²) in [5.74, 6) is 0.0720. The molecular weight excluding hydrogens is 318 g/mol. The highest BCUT2D eigenvalue weighted by molar-refractivity contribution is 6.08. The second-order valence-electron chi connectivity index (χ2n) is 7.13. The number of nitrogens with zero attached hydrogens (tertiary/aromatic N) is 2. The summed E-state index contributed by atoms with van der Waals surface area (Å²) in [4.78, 5) is 15.1. The molecule has 0 aliphatic carbocycles. The highest BCUT2D eigenvalue weighted by atomic mass is 16.5. The van der Waals surface area contributed by atoms with E-state index in [1.807, 2.05) is 24.6 Å². The van der Waals surface area contributed by atoms with E-state index >= 15 is 0 Å². The Morgan fingerprint density at radius 1 is 1.36 bits per heavy atom. The first-order valence-electron chi connectivity index (χ1n) is 8.67. The monoisotopic (exact) mass is 345 g/mol. The largest absolute Gasteiger partial charge is 0.508 e. The van der Waals surface area contributed by atoms with Crippen molar-refractivity contribution in [1.29, 1.82) is 0 Å². The Balaban J connectivity index is 1.87. The van der Waals surface area contributed by atoms with E-state index in [2.05, 4.69) is 24.3 Å². The summed E-state index contributed by atoms with van der Waals surface area (Å²) in [6.45, 7) is 3.95. The molecule has 2 N–H and O–H groups in total. The molecule has 1 fully saturated rings. The third-order valence-electron chi connectivity index (χ3n) is 5.65. The van der Waals surface area contributed by atoms with Gasteiger partial charge in [0.15, 0.2) is 0 Å². The van der Waals surface area contributed by atoms with Gasteiger partial charge in [-0.05, 0) is 52.1 Å². The molecule has 136 valence electrons. The summed E-state index contributed by atoms with van der Waals surface area (Å²) >= 11 is 0. The number of ether oxygens (including phenoxy) is 1. The van der Waals surface area contributed by atoms with Gasteiger partial charge in [0, 0.05) is 48.9 Å². The third-order valence-corrected chi connectivity index (χ3v) is 5.65. The molecule has 3 rings (SSSR count). The van der Waals surface area contributed by atoms with Gasteiger partial charge in [-0.3, -0.25) is 4.79 Å². The van der Waals surface area contributed by atoms with Crippen LogP contribution in [0.3, 0.4) is 0 Å². The van der Waals surface area contributed by atoms with Crippen LogP contribution < -0.4 is 5.32 Å². The molecule has 0 atom stereocenters. The van der Waals surface area contributed by atoms with Gasteiger partial charge in [-0.1, -0.05) is 0 Å². The summed E-state index contributed by atoms with van der Waals surface area (Å²) in [5, 5.41) is 13.7. The molecule has 2 heterocycles. The van der Waals surface area contributed by atoms with Crippen molar-refractivity contribution < 1.29 is 14.6 Å². The topological polar surface area (TPSA) is 66.7 Å². The SMILES string of the molecule is Cc1c(C(=O)NCC2(N(C)C)CCOCC2)c2cc(O)ccc2n1C. The molecule has 6 nitrogen and oxygen atoms in total. The van der Waals surface area contributed by atoms with Crippen molar-refractivity contribution in [3.05, 3.63) is 29.5 Å². The van der Waals surface area contributed by atoms with Crippen molar-refractivity contribution in [1.82, 2.24) is 14.8 Å². The van der Waals surface area contributed by atoms with Gasteiger partial charge in [0.05, 0.1) is 5.56 Å². The average molecular weight is 345 g/mol. The van der Waals surface area contributed by atoms with Crippen molar-refractivity contribution in [2.45, 2.75) is 25.3 Å². The van der Waals surface area contributed by atoms with Crippen LogP contribution in [-0.2, 0) is 11.8 Å². The van der Waals surface area contributed by atoms with E-state index in [4.69, 9.17) is 4.74 Å². The van der Waals surface area contributed by atoms with Crippen LogP contribution in [-0.4, -0.2) is 59.9 Å². The molecule has 1 aromatic carbocycles. The quantitative estimate of drug-likeness (QED) is 0.890. The predicted octanol–water partition coefficient (Wildman–Crippen LogP) is 2.03. The number of rotatable bonds is 4. The smallest absolute Gasteiger partial charge is 0.253 e. The Hall–Kier alpha value is -2.05. The van der Waals surface area contributed by atoms with Crippen molar-refractivity contribution in [3.8, 4) is 5.75 Å². The van der Waals surface area contributed by atoms with Crippen LogP contribution in [0.25, 0.3) is 10.9 Å². The molecule has 0 bridgehead atoms. The Bertz CT molecular complexity index is 789. The van der Waals surface area contributed by atoms with Gasteiger partial charge in [0.25, 0.3) is 5.91 Å². The molecule has 25 heavy (non-hydrogen) atoms. The summed E-state index contributed by atoms with van der Waals surface area (Å²) in [6, 6.07) is 5.15. The lowest BCUT2D eigenvalue weighted by Crippen LogP contribution is -2.55. The average Bonchev–Trinajstić information content (AvgIpc) is 2.84. The second-order valence-corrected chi connectivity index (χ2v) is 7.13. The van der Waals surface area contributed by atoms with Gasteiger partial charge >= 0.3 is 0 Å². The molecule has 1 aliphatic rings. The second kappa shape index (κ2) is 6.69. The summed E-state index contributed by atoms with van der Waals surface area (Å²) in [6.07, 6.45) is 1.80. The molecule has 1 aromatic heterocycles. The zero-order valence-electron chi connectivity index (χ0n) is 15.4. The van der Waals surface area contributed by atoms with E-state index in [1.54, 1.807) is 12.1 Å². The number of carbonyl (C=O) groups is 1. The van der Waals surface area contributed by atoms with E-state index in [0.717, 1.165) is 42.7 Å². The molecule has 0 spiro atoms. The van der Waals surface area contributed by atoms with Crippen LogP contribution in [0.5, 0.6) is 5.75 Å². The molecule has 6 heteroatoms. The van der Waals surface area contributed by atoms with Crippen molar-refractivity contribution >= 4 is 16.8 Å². The number of hydrogen-bond acceptors (Lipinski definition) is 4. The lowest BCUT2D eigenvalue weighted by atomic mass is 9.88. The van der Waals surface area contributed by atoms with Gasteiger partial charge in [-0.15, -0.1) is 0 Å². The predicted molar refractivity (Wildman–Crippen MR) is 98.1 cm³/mol. The van der Waals surface area contributed by atoms with Crippen LogP contribution in [0, 0.1) is 6.92 Å². The van der Waals surface area contributed by atoms with Crippen molar-refractivity contribution in [3.63, 3.8) is 0 Å². The minimum Gasteiger partial charge on any atom is -0.508 e. The number of benzene rings is 1. The molecule has 1 amide bonds. The van der Waals surface area contributed by atoms with E-state index in [1.165, 1.54) is 0 Å². The lowest BCUT2D eigenvalue weighted by molar-refractivity contribution is -0.00657. The van der Waals surface area contributed by atoms with E-state index in [9.17, 15) is 9.90 Å². The number of carbonyl (C=O) groups excluding carboxylic acids is 1. The fourth-order valence-electron chi connectivity index (χ4n) is 3.71. The van der Waals surface area contributed by atoms with E-state index < -0.39 is 0 Å². The molecule has 2 aromatic rings. The molecule has 0 radical (unpaired) electrons. The number of aryl methyl sites for hydroxylation is 1. The molecule has 0 saturated carbocycles. The third kappa shape index (κ3) is 3.12. The van der Waals surface area contributed by atoms with Gasteiger partial charge < -0.3 is 24.6 Å². The number of aromatic hydroxyl groups is 1. The number of fused-ring (bicyclic) bond motifs is 1. The maximum Gasteiger partial charge on any atom is 0.253 e. The highest BCUT2D eigenvalue weighted by Crippen LogP contribution is 2.29. The van der Waals surface area contributed by atoms with Crippen LogP contribution in [0.2, 0.25) is 0 Å². The summed E-state index contributed by atoms with van der Waals surface area (Å²) in [7, 11) is 6.04. The van der Waals surface area contributed by atoms with Crippen molar-refractivity contribution in [2.75, 3.05) is 33.9 Å².